The zero-order chi connectivity index (χ0) is 12.1. The van der Waals surface area contributed by atoms with Crippen LogP contribution in [0.25, 0.3) is 0 Å². The topological polar surface area (TPSA) is 29.1 Å². The molecule has 1 N–H and O–H groups in total. The summed E-state index contributed by atoms with van der Waals surface area (Å²) in [6, 6.07) is 7.76. The molecule has 1 aliphatic carbocycles. The highest BCUT2D eigenvalue weighted by Crippen LogP contribution is 2.27. The minimum absolute atomic E-state index is 0.143. The maximum Gasteiger partial charge on any atom is 0.230 e. The van der Waals surface area contributed by atoms with Gasteiger partial charge in [-0.2, -0.15) is 0 Å². The van der Waals surface area contributed by atoms with Gasteiger partial charge in [-0.1, -0.05) is 23.7 Å². The first-order chi connectivity index (χ1) is 8.24. The van der Waals surface area contributed by atoms with Crippen LogP contribution in [-0.2, 0) is 10.5 Å². The van der Waals surface area contributed by atoms with E-state index in [9.17, 15) is 4.79 Å². The highest BCUT2D eigenvalue weighted by atomic mass is 35.5. The van der Waals surface area contributed by atoms with Gasteiger partial charge in [0.15, 0.2) is 0 Å². The van der Waals surface area contributed by atoms with Crippen molar-refractivity contribution in [3.8, 4) is 0 Å². The molecule has 0 atom stereocenters. The number of rotatable bonds is 6. The van der Waals surface area contributed by atoms with Crippen LogP contribution in [0.1, 0.15) is 18.4 Å². The minimum atomic E-state index is 0.143. The summed E-state index contributed by atoms with van der Waals surface area (Å²) in [6.45, 7) is 0.858. The smallest absolute Gasteiger partial charge is 0.230 e. The zero-order valence-electron chi connectivity index (χ0n) is 9.62. The number of thioether (sulfide) groups is 1. The standard InChI is InChI=1S/C13H16ClNOS/c14-12-3-1-2-11(6-12)8-17-9-13(16)15-7-10-4-5-10/h1-3,6,10H,4-5,7-9H2,(H,15,16). The van der Waals surface area contributed by atoms with Crippen molar-refractivity contribution in [3.63, 3.8) is 0 Å². The molecule has 0 aliphatic heterocycles. The molecule has 0 unspecified atom stereocenters. The van der Waals surface area contributed by atoms with Crippen molar-refractivity contribution >= 4 is 29.3 Å². The number of nitrogens with one attached hydrogen (secondary N) is 1. The second-order valence-corrected chi connectivity index (χ2v) is 5.79. The highest BCUT2D eigenvalue weighted by molar-refractivity contribution is 7.99. The van der Waals surface area contributed by atoms with Crippen LogP contribution >= 0.6 is 23.4 Å². The zero-order valence-corrected chi connectivity index (χ0v) is 11.2. The lowest BCUT2D eigenvalue weighted by molar-refractivity contribution is -0.118. The molecule has 1 aromatic carbocycles. The quantitative estimate of drug-likeness (QED) is 0.860. The Hall–Kier alpha value is -0.670. The molecule has 4 heteroatoms. The lowest BCUT2D eigenvalue weighted by atomic mass is 10.2. The predicted octanol–water partition coefficient (Wildman–Crippen LogP) is 3.10. The van der Waals surface area contributed by atoms with E-state index in [0.717, 1.165) is 28.8 Å². The maximum absolute atomic E-state index is 11.5. The van der Waals surface area contributed by atoms with Crippen molar-refractivity contribution in [1.29, 1.82) is 0 Å². The first-order valence-electron chi connectivity index (χ1n) is 5.83. The Bertz CT molecular complexity index is 393. The third-order valence-electron chi connectivity index (χ3n) is 2.68. The Labute approximate surface area is 111 Å². The molecular formula is C13H16ClNOS. The molecule has 1 aliphatic rings. The van der Waals surface area contributed by atoms with Gasteiger partial charge in [0.05, 0.1) is 5.75 Å². The van der Waals surface area contributed by atoms with Crippen LogP contribution in [-0.4, -0.2) is 18.2 Å². The lowest BCUT2D eigenvalue weighted by Crippen LogP contribution is -2.27. The van der Waals surface area contributed by atoms with E-state index in [-0.39, 0.29) is 5.91 Å². The summed E-state index contributed by atoms with van der Waals surface area (Å²) in [4.78, 5) is 11.5. The Kier molecular flexibility index (Phi) is 4.75. The first kappa shape index (κ1) is 12.8. The summed E-state index contributed by atoms with van der Waals surface area (Å²) in [7, 11) is 0. The van der Waals surface area contributed by atoms with Gasteiger partial charge in [0.25, 0.3) is 0 Å². The van der Waals surface area contributed by atoms with E-state index in [1.165, 1.54) is 12.8 Å². The average molecular weight is 270 g/mol. The average Bonchev–Trinajstić information content (AvgIpc) is 3.10. The normalized spacial score (nSPS) is 14.6. The van der Waals surface area contributed by atoms with E-state index in [1.807, 2.05) is 24.3 Å². The fourth-order valence-electron chi connectivity index (χ4n) is 1.52. The number of hydrogen-bond acceptors (Lipinski definition) is 2. The molecule has 92 valence electrons. The highest BCUT2D eigenvalue weighted by Gasteiger charge is 2.21. The monoisotopic (exact) mass is 269 g/mol. The van der Waals surface area contributed by atoms with Crippen LogP contribution in [0.5, 0.6) is 0 Å². The van der Waals surface area contributed by atoms with Gasteiger partial charge in [0, 0.05) is 17.3 Å². The van der Waals surface area contributed by atoms with Crippen LogP contribution in [0.15, 0.2) is 24.3 Å². The van der Waals surface area contributed by atoms with Gasteiger partial charge < -0.3 is 5.32 Å². The van der Waals surface area contributed by atoms with Gasteiger partial charge in [0.1, 0.15) is 0 Å². The fraction of sp³-hybridized carbons (Fsp3) is 0.462. The van der Waals surface area contributed by atoms with E-state index in [1.54, 1.807) is 11.8 Å². The van der Waals surface area contributed by atoms with Crippen LogP contribution in [0.2, 0.25) is 5.02 Å². The lowest BCUT2D eigenvalue weighted by Gasteiger charge is -2.04. The van der Waals surface area contributed by atoms with E-state index in [4.69, 9.17) is 11.6 Å². The van der Waals surface area contributed by atoms with Crippen molar-refractivity contribution in [2.24, 2.45) is 5.92 Å². The Morgan fingerprint density at radius 1 is 1.47 bits per heavy atom. The van der Waals surface area contributed by atoms with Crippen LogP contribution in [0.4, 0.5) is 0 Å². The third kappa shape index (κ3) is 5.00. The molecule has 1 saturated carbocycles. The number of carbonyl (C=O) groups excluding carboxylic acids is 1. The summed E-state index contributed by atoms with van der Waals surface area (Å²) in [5.74, 6) is 2.25. The van der Waals surface area contributed by atoms with Gasteiger partial charge in [-0.15, -0.1) is 11.8 Å². The summed E-state index contributed by atoms with van der Waals surface area (Å²) in [5.41, 5.74) is 1.16. The van der Waals surface area contributed by atoms with E-state index >= 15 is 0 Å². The molecule has 2 nitrogen and oxygen atoms in total. The second kappa shape index (κ2) is 6.31. The van der Waals surface area contributed by atoms with Gasteiger partial charge in [0.2, 0.25) is 5.91 Å². The maximum atomic E-state index is 11.5. The van der Waals surface area contributed by atoms with E-state index in [0.29, 0.717) is 5.75 Å². The van der Waals surface area contributed by atoms with Crippen molar-refractivity contribution < 1.29 is 4.79 Å². The van der Waals surface area contributed by atoms with E-state index in [2.05, 4.69) is 5.32 Å². The molecule has 0 spiro atoms. The number of carbonyl (C=O) groups is 1. The van der Waals surface area contributed by atoms with Gasteiger partial charge in [-0.25, -0.2) is 0 Å². The summed E-state index contributed by atoms with van der Waals surface area (Å²) < 4.78 is 0. The molecule has 0 bridgehead atoms. The van der Waals surface area contributed by atoms with Gasteiger partial charge in [-0.05, 0) is 36.5 Å². The third-order valence-corrected chi connectivity index (χ3v) is 3.91. The summed E-state index contributed by atoms with van der Waals surface area (Å²) >= 11 is 7.51. The van der Waals surface area contributed by atoms with Crippen molar-refractivity contribution in [3.05, 3.63) is 34.9 Å². The largest absolute Gasteiger partial charge is 0.355 e. The SMILES string of the molecule is O=C(CSCc1cccc(Cl)c1)NCC1CC1. The molecule has 0 radical (unpaired) electrons. The molecular weight excluding hydrogens is 254 g/mol. The number of amides is 1. The van der Waals surface area contributed by atoms with Gasteiger partial charge >= 0.3 is 0 Å². The van der Waals surface area contributed by atoms with Crippen molar-refractivity contribution in [2.45, 2.75) is 18.6 Å². The molecule has 0 heterocycles. The van der Waals surface area contributed by atoms with Crippen molar-refractivity contribution in [2.75, 3.05) is 12.3 Å². The molecule has 1 aromatic rings. The van der Waals surface area contributed by atoms with Crippen molar-refractivity contribution in [1.82, 2.24) is 5.32 Å². The predicted molar refractivity (Wildman–Crippen MR) is 73.3 cm³/mol. The Balaban J connectivity index is 1.62. The molecule has 0 saturated heterocycles. The van der Waals surface area contributed by atoms with Crippen LogP contribution in [0, 0.1) is 5.92 Å². The first-order valence-corrected chi connectivity index (χ1v) is 7.36. The molecule has 0 aromatic heterocycles. The Morgan fingerprint density at radius 2 is 2.29 bits per heavy atom. The molecule has 1 fully saturated rings. The summed E-state index contributed by atoms with van der Waals surface area (Å²) in [6.07, 6.45) is 2.55. The number of halogens is 1. The van der Waals surface area contributed by atoms with Crippen LogP contribution in [0.3, 0.4) is 0 Å². The molecule has 17 heavy (non-hydrogen) atoms. The Morgan fingerprint density at radius 3 is 3.00 bits per heavy atom. The fourth-order valence-corrected chi connectivity index (χ4v) is 2.54. The number of benzene rings is 1. The van der Waals surface area contributed by atoms with Crippen LogP contribution < -0.4 is 5.32 Å². The summed E-state index contributed by atoms with van der Waals surface area (Å²) in [5, 5.41) is 3.71. The minimum Gasteiger partial charge on any atom is -0.355 e. The molecule has 1 amide bonds. The van der Waals surface area contributed by atoms with E-state index < -0.39 is 0 Å². The number of hydrogen-bond donors (Lipinski definition) is 1. The van der Waals surface area contributed by atoms with Gasteiger partial charge in [-0.3, -0.25) is 4.79 Å². The molecule has 2 rings (SSSR count). The second-order valence-electron chi connectivity index (χ2n) is 4.37.